The van der Waals surface area contributed by atoms with Gasteiger partial charge in [-0.05, 0) is 6.42 Å². The maximum Gasteiger partial charge on any atom is 0.0704 e. The molecule has 0 amide bonds. The molecule has 264 valence electrons. The molecule has 0 aliphatic heterocycles. The summed E-state index contributed by atoms with van der Waals surface area (Å²) < 4.78 is 65.4. The molecule has 44 heavy (non-hydrogen) atoms. The number of hydrogen-bond acceptors (Lipinski definition) is 12. The van der Waals surface area contributed by atoms with Crippen molar-refractivity contribution in [3.63, 3.8) is 0 Å². The van der Waals surface area contributed by atoms with Crippen molar-refractivity contribution >= 4 is 0 Å². The van der Waals surface area contributed by atoms with Gasteiger partial charge in [-0.25, -0.2) is 0 Å². The Kier molecular flexibility index (Phi) is 41.5. The lowest BCUT2D eigenvalue weighted by Crippen LogP contribution is -2.15. The summed E-state index contributed by atoms with van der Waals surface area (Å²) in [6.07, 6.45) is 7.99. The molecular weight excluding hydrogens is 576 g/mol. The van der Waals surface area contributed by atoms with Gasteiger partial charge in [0.25, 0.3) is 0 Å². The van der Waals surface area contributed by atoms with Crippen LogP contribution in [0.4, 0.5) is 0 Å². The van der Waals surface area contributed by atoms with Crippen LogP contribution in [0.15, 0.2) is 12.7 Å². The average Bonchev–Trinajstić information content (AvgIpc) is 3.04. The molecule has 0 saturated heterocycles. The zero-order chi connectivity index (χ0) is 31.7. The molecule has 0 aromatic rings. The Balaban J connectivity index is 3.03. The normalized spacial score (nSPS) is 11.5. The van der Waals surface area contributed by atoms with Crippen molar-refractivity contribution in [2.45, 2.75) is 39.0 Å². The summed E-state index contributed by atoms with van der Waals surface area (Å²) in [7, 11) is 0. The smallest absolute Gasteiger partial charge is 0.0704 e. The van der Waals surface area contributed by atoms with Gasteiger partial charge in [-0.1, -0.05) is 38.7 Å². The first-order chi connectivity index (χ1) is 21.9. The number of ether oxygens (including phenoxy) is 12. The lowest BCUT2D eigenvalue weighted by atomic mass is 10.2. The third-order valence-electron chi connectivity index (χ3n) is 5.72. The standard InChI is InChI=1S/C32H64O12/c1-3-5-6-7-8-10-34-12-14-36-16-18-38-20-22-40-24-26-42-28-30-44-32-31-43-29-27-41-25-23-39-21-19-37-17-15-35-13-11-33-9-4-2/h4H,2-3,5-32H2,1H3. The van der Waals surface area contributed by atoms with Gasteiger partial charge in [-0.2, -0.15) is 0 Å². The van der Waals surface area contributed by atoms with E-state index < -0.39 is 0 Å². The molecule has 0 atom stereocenters. The Morgan fingerprint density at radius 3 is 0.773 bits per heavy atom. The third kappa shape index (κ3) is 41.3. The van der Waals surface area contributed by atoms with E-state index in [1.807, 2.05) is 0 Å². The number of unbranched alkanes of at least 4 members (excludes halogenated alkanes) is 4. The van der Waals surface area contributed by atoms with Gasteiger partial charge in [0.15, 0.2) is 0 Å². The highest BCUT2D eigenvalue weighted by molar-refractivity contribution is 4.63. The molecule has 0 bridgehead atoms. The molecule has 0 aromatic carbocycles. The summed E-state index contributed by atoms with van der Waals surface area (Å²) in [5.74, 6) is 0. The molecule has 0 rings (SSSR count). The van der Waals surface area contributed by atoms with Crippen molar-refractivity contribution in [2.24, 2.45) is 0 Å². The van der Waals surface area contributed by atoms with E-state index in [0.29, 0.717) is 152 Å². The number of rotatable bonds is 41. The Morgan fingerprint density at radius 2 is 0.523 bits per heavy atom. The molecule has 0 saturated carbocycles. The monoisotopic (exact) mass is 640 g/mol. The first kappa shape index (κ1) is 43.3. The molecule has 0 aromatic heterocycles. The quantitative estimate of drug-likeness (QED) is 0.0722. The predicted octanol–water partition coefficient (Wildman–Crippen LogP) is 3.34. The van der Waals surface area contributed by atoms with Crippen LogP contribution in [-0.4, -0.2) is 159 Å². The fourth-order valence-electron chi connectivity index (χ4n) is 3.39. The molecule has 0 spiro atoms. The highest BCUT2D eigenvalue weighted by Gasteiger charge is 1.97. The van der Waals surface area contributed by atoms with Gasteiger partial charge in [0.1, 0.15) is 0 Å². The highest BCUT2D eigenvalue weighted by atomic mass is 16.6. The number of hydrogen-bond donors (Lipinski definition) is 0. The Hall–Kier alpha value is -0.740. The van der Waals surface area contributed by atoms with Crippen LogP contribution in [-0.2, 0) is 56.8 Å². The van der Waals surface area contributed by atoms with Crippen molar-refractivity contribution in [2.75, 3.05) is 159 Å². The van der Waals surface area contributed by atoms with Gasteiger partial charge in [0.05, 0.1) is 152 Å². The van der Waals surface area contributed by atoms with Gasteiger partial charge in [-0.15, -0.1) is 6.58 Å². The summed E-state index contributed by atoms with van der Waals surface area (Å²) in [6, 6.07) is 0. The minimum atomic E-state index is 0.518. The Morgan fingerprint density at radius 1 is 0.295 bits per heavy atom. The molecule has 0 unspecified atom stereocenters. The fourth-order valence-corrected chi connectivity index (χ4v) is 3.39. The van der Waals surface area contributed by atoms with Crippen molar-refractivity contribution in [1.29, 1.82) is 0 Å². The largest absolute Gasteiger partial charge is 0.379 e. The van der Waals surface area contributed by atoms with Gasteiger partial charge >= 0.3 is 0 Å². The van der Waals surface area contributed by atoms with E-state index in [1.54, 1.807) is 6.08 Å². The maximum atomic E-state index is 5.56. The molecule has 0 heterocycles. The second-order valence-corrected chi connectivity index (χ2v) is 9.51. The van der Waals surface area contributed by atoms with Crippen molar-refractivity contribution in [3.8, 4) is 0 Å². The van der Waals surface area contributed by atoms with Crippen molar-refractivity contribution in [3.05, 3.63) is 12.7 Å². The maximum absolute atomic E-state index is 5.56. The third-order valence-corrected chi connectivity index (χ3v) is 5.72. The Bertz CT molecular complexity index is 516. The fraction of sp³-hybridized carbons (Fsp3) is 0.938. The van der Waals surface area contributed by atoms with E-state index in [2.05, 4.69) is 13.5 Å². The molecule has 0 aliphatic carbocycles. The van der Waals surface area contributed by atoms with Crippen molar-refractivity contribution in [1.82, 2.24) is 0 Å². The summed E-state index contributed by atoms with van der Waals surface area (Å²) in [5.41, 5.74) is 0. The first-order valence-electron chi connectivity index (χ1n) is 16.5. The highest BCUT2D eigenvalue weighted by Crippen LogP contribution is 2.02. The van der Waals surface area contributed by atoms with Crippen LogP contribution in [0.1, 0.15) is 39.0 Å². The van der Waals surface area contributed by atoms with E-state index in [0.717, 1.165) is 13.0 Å². The van der Waals surface area contributed by atoms with Gasteiger partial charge in [0.2, 0.25) is 0 Å². The average molecular weight is 641 g/mol. The molecule has 12 heteroatoms. The summed E-state index contributed by atoms with van der Waals surface area (Å²) in [5, 5.41) is 0. The van der Waals surface area contributed by atoms with Crippen LogP contribution in [0.5, 0.6) is 0 Å². The van der Waals surface area contributed by atoms with E-state index in [9.17, 15) is 0 Å². The molecule has 0 aliphatic rings. The first-order valence-corrected chi connectivity index (χ1v) is 16.5. The zero-order valence-electron chi connectivity index (χ0n) is 27.7. The minimum absolute atomic E-state index is 0.518. The zero-order valence-corrected chi connectivity index (χ0v) is 27.7. The van der Waals surface area contributed by atoms with Gasteiger partial charge in [-0.3, -0.25) is 0 Å². The second-order valence-electron chi connectivity index (χ2n) is 9.51. The molecule has 0 fully saturated rings. The lowest BCUT2D eigenvalue weighted by Gasteiger charge is -2.09. The van der Waals surface area contributed by atoms with Crippen LogP contribution in [0.25, 0.3) is 0 Å². The van der Waals surface area contributed by atoms with E-state index >= 15 is 0 Å². The molecule has 0 radical (unpaired) electrons. The molecule has 12 nitrogen and oxygen atoms in total. The molecular formula is C32H64O12. The van der Waals surface area contributed by atoms with Crippen LogP contribution in [0, 0.1) is 0 Å². The second kappa shape index (κ2) is 42.3. The summed E-state index contributed by atoms with van der Waals surface area (Å²) in [6.45, 7) is 19.1. The van der Waals surface area contributed by atoms with Gasteiger partial charge < -0.3 is 56.8 Å². The van der Waals surface area contributed by atoms with Crippen LogP contribution in [0.3, 0.4) is 0 Å². The molecule has 0 N–H and O–H groups in total. The SMILES string of the molecule is C=CCOCCOCCOCCOCCOCCOCCOCCOCCOCCOCCOCCOCCCCCCC. The van der Waals surface area contributed by atoms with E-state index in [1.165, 1.54) is 25.7 Å². The lowest BCUT2D eigenvalue weighted by molar-refractivity contribution is -0.0282. The van der Waals surface area contributed by atoms with Gasteiger partial charge in [0, 0.05) is 6.61 Å². The Labute approximate surface area is 267 Å². The van der Waals surface area contributed by atoms with E-state index in [-0.39, 0.29) is 0 Å². The topological polar surface area (TPSA) is 111 Å². The summed E-state index contributed by atoms with van der Waals surface area (Å²) >= 11 is 0. The van der Waals surface area contributed by atoms with Crippen LogP contribution < -0.4 is 0 Å². The van der Waals surface area contributed by atoms with Crippen LogP contribution in [0.2, 0.25) is 0 Å². The summed E-state index contributed by atoms with van der Waals surface area (Å²) in [4.78, 5) is 0. The minimum Gasteiger partial charge on any atom is -0.379 e. The van der Waals surface area contributed by atoms with E-state index in [4.69, 9.17) is 56.8 Å². The van der Waals surface area contributed by atoms with Crippen LogP contribution >= 0.6 is 0 Å². The predicted molar refractivity (Wildman–Crippen MR) is 169 cm³/mol. The van der Waals surface area contributed by atoms with Crippen molar-refractivity contribution < 1.29 is 56.8 Å².